The van der Waals surface area contributed by atoms with Crippen LogP contribution in [0.5, 0.6) is 0 Å². The Labute approximate surface area is 145 Å². The molecule has 4 heteroatoms. The summed E-state index contributed by atoms with van der Waals surface area (Å²) in [4.78, 5) is 26.4. The fraction of sp³-hybridized carbons (Fsp3) is 0.600. The minimum absolute atomic E-state index is 0.0576. The lowest BCUT2D eigenvalue weighted by Crippen LogP contribution is -2.40. The van der Waals surface area contributed by atoms with E-state index >= 15 is 0 Å². The number of aryl methyl sites for hydroxylation is 1. The van der Waals surface area contributed by atoms with Crippen LogP contribution in [0.15, 0.2) is 24.3 Å². The minimum Gasteiger partial charge on any atom is -0.343 e. The fourth-order valence-corrected chi connectivity index (χ4v) is 3.18. The predicted molar refractivity (Wildman–Crippen MR) is 97.0 cm³/mol. The van der Waals surface area contributed by atoms with Crippen LogP contribution in [0.2, 0.25) is 0 Å². The molecular weight excluding hydrogens is 300 g/mol. The Bertz CT molecular complexity index is 531. The topological polar surface area (TPSA) is 63.4 Å². The third-order valence-corrected chi connectivity index (χ3v) is 4.96. The Morgan fingerprint density at radius 3 is 2.38 bits per heavy atom. The van der Waals surface area contributed by atoms with Gasteiger partial charge in [-0.05, 0) is 43.7 Å². The van der Waals surface area contributed by atoms with Crippen LogP contribution in [0.3, 0.4) is 0 Å². The maximum Gasteiger partial charge on any atom is 0.223 e. The summed E-state index contributed by atoms with van der Waals surface area (Å²) in [7, 11) is 0. The van der Waals surface area contributed by atoms with E-state index in [0.29, 0.717) is 30.9 Å². The van der Waals surface area contributed by atoms with Crippen molar-refractivity contribution >= 4 is 11.7 Å². The van der Waals surface area contributed by atoms with Crippen LogP contribution in [-0.4, -0.2) is 36.2 Å². The second kappa shape index (κ2) is 9.58. The Hall–Kier alpha value is -1.68. The normalized spacial score (nSPS) is 15.5. The maximum atomic E-state index is 12.3. The number of Topliss-reactive ketones (excluding diaryl/α,β-unsaturated/α-hetero) is 1. The van der Waals surface area contributed by atoms with Crippen LogP contribution in [-0.2, 0) is 11.2 Å². The standard InChI is InChI=1S/C20H30N2O2/c1-2-3-4-16-5-7-18(8-6-16)19(23)9-10-20(24)22-13-11-17(15-21)12-14-22/h5-8,17H,2-4,9-15,21H2,1H3. The molecule has 0 radical (unpaired) electrons. The second-order valence-electron chi connectivity index (χ2n) is 6.78. The Morgan fingerprint density at radius 1 is 1.12 bits per heavy atom. The molecule has 1 saturated heterocycles. The van der Waals surface area contributed by atoms with Crippen molar-refractivity contribution in [1.82, 2.24) is 4.90 Å². The quantitative estimate of drug-likeness (QED) is 0.745. The van der Waals surface area contributed by atoms with Crippen molar-refractivity contribution in [3.8, 4) is 0 Å². The summed E-state index contributed by atoms with van der Waals surface area (Å²) in [5, 5.41) is 0. The molecule has 0 bridgehead atoms. The molecule has 1 heterocycles. The number of hydrogen-bond donors (Lipinski definition) is 1. The molecule has 0 aliphatic carbocycles. The van der Waals surface area contributed by atoms with Crippen LogP contribution < -0.4 is 5.73 Å². The summed E-state index contributed by atoms with van der Waals surface area (Å²) in [6.07, 6.45) is 5.97. The summed E-state index contributed by atoms with van der Waals surface area (Å²) in [6, 6.07) is 7.85. The number of ketones is 1. The first-order valence-electron chi connectivity index (χ1n) is 9.24. The number of nitrogens with zero attached hydrogens (tertiary/aromatic N) is 1. The van der Waals surface area contributed by atoms with Gasteiger partial charge in [-0.15, -0.1) is 0 Å². The molecule has 0 unspecified atom stereocenters. The molecule has 1 fully saturated rings. The molecule has 1 aromatic carbocycles. The van der Waals surface area contributed by atoms with Crippen LogP contribution in [0.25, 0.3) is 0 Å². The molecule has 2 rings (SSSR count). The number of rotatable bonds is 8. The molecule has 1 amide bonds. The predicted octanol–water partition coefficient (Wildman–Crippen LogP) is 3.19. The molecular formula is C20H30N2O2. The van der Waals surface area contributed by atoms with E-state index in [9.17, 15) is 9.59 Å². The SMILES string of the molecule is CCCCc1ccc(C(=O)CCC(=O)N2CCC(CN)CC2)cc1. The molecule has 24 heavy (non-hydrogen) atoms. The Morgan fingerprint density at radius 2 is 1.79 bits per heavy atom. The van der Waals surface area contributed by atoms with Crippen molar-refractivity contribution < 1.29 is 9.59 Å². The van der Waals surface area contributed by atoms with Gasteiger partial charge in [0.2, 0.25) is 5.91 Å². The second-order valence-corrected chi connectivity index (χ2v) is 6.78. The molecule has 0 atom stereocenters. The van der Waals surface area contributed by atoms with Crippen molar-refractivity contribution in [1.29, 1.82) is 0 Å². The number of carbonyl (C=O) groups excluding carboxylic acids is 2. The number of unbranched alkanes of at least 4 members (excludes halogenated alkanes) is 1. The van der Waals surface area contributed by atoms with Gasteiger partial charge in [-0.3, -0.25) is 9.59 Å². The molecule has 132 valence electrons. The molecule has 4 nitrogen and oxygen atoms in total. The number of carbonyl (C=O) groups is 2. The maximum absolute atomic E-state index is 12.3. The van der Waals surface area contributed by atoms with Gasteiger partial charge in [0.1, 0.15) is 0 Å². The summed E-state index contributed by atoms with van der Waals surface area (Å²) < 4.78 is 0. The molecule has 1 aromatic rings. The first kappa shape index (κ1) is 18.7. The molecule has 0 saturated carbocycles. The summed E-state index contributed by atoms with van der Waals surface area (Å²) in [5.41, 5.74) is 7.66. The van der Waals surface area contributed by atoms with Gasteiger partial charge in [0.25, 0.3) is 0 Å². The number of likely N-dealkylation sites (tertiary alicyclic amines) is 1. The highest BCUT2D eigenvalue weighted by Gasteiger charge is 2.22. The lowest BCUT2D eigenvalue weighted by molar-refractivity contribution is -0.132. The molecule has 1 aliphatic heterocycles. The fourth-order valence-electron chi connectivity index (χ4n) is 3.18. The highest BCUT2D eigenvalue weighted by Crippen LogP contribution is 2.17. The summed E-state index contributed by atoms with van der Waals surface area (Å²) in [6.45, 7) is 4.43. The molecule has 2 N–H and O–H groups in total. The van der Waals surface area contributed by atoms with Gasteiger partial charge in [0.15, 0.2) is 5.78 Å². The minimum atomic E-state index is 0.0576. The smallest absolute Gasteiger partial charge is 0.223 e. The van der Waals surface area contributed by atoms with Crippen molar-refractivity contribution in [2.45, 2.75) is 51.9 Å². The third-order valence-electron chi connectivity index (χ3n) is 4.96. The van der Waals surface area contributed by atoms with Crippen molar-refractivity contribution in [2.24, 2.45) is 11.7 Å². The molecule has 1 aliphatic rings. The highest BCUT2D eigenvalue weighted by atomic mass is 16.2. The van der Waals surface area contributed by atoms with Gasteiger partial charge >= 0.3 is 0 Å². The first-order valence-corrected chi connectivity index (χ1v) is 9.24. The van der Waals surface area contributed by atoms with Gasteiger partial charge in [-0.25, -0.2) is 0 Å². The number of hydrogen-bond acceptors (Lipinski definition) is 3. The van der Waals surface area contributed by atoms with Crippen LogP contribution in [0.1, 0.15) is 61.4 Å². The summed E-state index contributed by atoms with van der Waals surface area (Å²) >= 11 is 0. The average Bonchev–Trinajstić information content (AvgIpc) is 2.64. The highest BCUT2D eigenvalue weighted by molar-refractivity contribution is 5.98. The van der Waals surface area contributed by atoms with Crippen molar-refractivity contribution in [3.63, 3.8) is 0 Å². The zero-order valence-electron chi connectivity index (χ0n) is 14.8. The molecule has 0 aromatic heterocycles. The van der Waals surface area contributed by atoms with Crippen LogP contribution in [0, 0.1) is 5.92 Å². The van der Waals surface area contributed by atoms with Crippen molar-refractivity contribution in [2.75, 3.05) is 19.6 Å². The summed E-state index contributed by atoms with van der Waals surface area (Å²) in [5.74, 6) is 0.697. The van der Waals surface area contributed by atoms with Gasteiger partial charge in [0, 0.05) is 31.5 Å². The lowest BCUT2D eigenvalue weighted by Gasteiger charge is -2.31. The van der Waals surface area contributed by atoms with E-state index < -0.39 is 0 Å². The average molecular weight is 330 g/mol. The van der Waals surface area contributed by atoms with E-state index in [4.69, 9.17) is 5.73 Å². The van der Waals surface area contributed by atoms with Gasteiger partial charge < -0.3 is 10.6 Å². The van der Waals surface area contributed by atoms with E-state index in [1.54, 1.807) is 0 Å². The van der Waals surface area contributed by atoms with Gasteiger partial charge in [-0.1, -0.05) is 37.6 Å². The van der Waals surface area contributed by atoms with E-state index in [1.807, 2.05) is 29.2 Å². The van der Waals surface area contributed by atoms with Gasteiger partial charge in [-0.2, -0.15) is 0 Å². The molecule has 0 spiro atoms. The van der Waals surface area contributed by atoms with Gasteiger partial charge in [0.05, 0.1) is 0 Å². The van der Waals surface area contributed by atoms with E-state index in [-0.39, 0.29) is 11.7 Å². The third kappa shape index (κ3) is 5.45. The Balaban J connectivity index is 1.77. The van der Waals surface area contributed by atoms with E-state index in [0.717, 1.165) is 32.4 Å². The van der Waals surface area contributed by atoms with Crippen molar-refractivity contribution in [3.05, 3.63) is 35.4 Å². The number of amides is 1. The van der Waals surface area contributed by atoms with E-state index in [2.05, 4.69) is 6.92 Å². The zero-order chi connectivity index (χ0) is 17.4. The largest absolute Gasteiger partial charge is 0.343 e. The first-order chi connectivity index (χ1) is 11.6. The number of nitrogens with two attached hydrogens (primary N) is 1. The van der Waals surface area contributed by atoms with E-state index in [1.165, 1.54) is 18.4 Å². The zero-order valence-corrected chi connectivity index (χ0v) is 14.8. The monoisotopic (exact) mass is 330 g/mol. The lowest BCUT2D eigenvalue weighted by atomic mass is 9.96. The van der Waals surface area contributed by atoms with Crippen LogP contribution >= 0.6 is 0 Å². The Kier molecular flexibility index (Phi) is 7.44. The number of piperidine rings is 1. The van der Waals surface area contributed by atoms with Crippen LogP contribution in [0.4, 0.5) is 0 Å². The number of benzene rings is 1.